The number of hydrogen-bond acceptors (Lipinski definition) is 5. The number of amides is 1. The van der Waals surface area contributed by atoms with Crippen LogP contribution in [0.1, 0.15) is 28.9 Å². The van der Waals surface area contributed by atoms with E-state index in [2.05, 4.69) is 27.2 Å². The van der Waals surface area contributed by atoms with E-state index in [1.165, 1.54) is 12.8 Å². The summed E-state index contributed by atoms with van der Waals surface area (Å²) < 4.78 is 1.88. The molecular weight excluding hydrogens is 430 g/mol. The minimum atomic E-state index is -0.253. The van der Waals surface area contributed by atoms with Crippen molar-refractivity contribution in [3.8, 4) is 5.69 Å². The topological polar surface area (TPSA) is 63.1 Å². The van der Waals surface area contributed by atoms with Gasteiger partial charge in [-0.1, -0.05) is 29.4 Å². The van der Waals surface area contributed by atoms with E-state index < -0.39 is 0 Å². The molecule has 6 nitrogen and oxygen atoms in total. The summed E-state index contributed by atoms with van der Waals surface area (Å²) in [4.78, 5) is 24.2. The van der Waals surface area contributed by atoms with E-state index in [-0.39, 0.29) is 5.91 Å². The highest BCUT2D eigenvalue weighted by Crippen LogP contribution is 2.30. The van der Waals surface area contributed by atoms with Crippen LogP contribution in [0.25, 0.3) is 5.69 Å². The van der Waals surface area contributed by atoms with Crippen molar-refractivity contribution in [1.29, 1.82) is 0 Å². The van der Waals surface area contributed by atoms with Crippen molar-refractivity contribution in [2.75, 3.05) is 31.2 Å². The van der Waals surface area contributed by atoms with Gasteiger partial charge in [-0.15, -0.1) is 0 Å². The van der Waals surface area contributed by atoms with E-state index in [0.717, 1.165) is 41.2 Å². The molecule has 0 bridgehead atoms. The molecule has 2 heterocycles. The number of hydrogen-bond donors (Lipinski definition) is 1. The molecule has 0 spiro atoms. The van der Waals surface area contributed by atoms with E-state index in [1.807, 2.05) is 41.8 Å². The van der Waals surface area contributed by atoms with Crippen molar-refractivity contribution in [2.45, 2.75) is 24.9 Å². The summed E-state index contributed by atoms with van der Waals surface area (Å²) >= 11 is 7.73. The number of carbonyl (C=O) groups excluding carboxylic acids is 1. The highest BCUT2D eigenvalue weighted by Gasteiger charge is 2.23. The third-order valence-corrected chi connectivity index (χ3v) is 6.36. The van der Waals surface area contributed by atoms with Crippen LogP contribution in [0.15, 0.2) is 53.9 Å². The maximum Gasteiger partial charge on any atom is 0.275 e. The summed E-state index contributed by atoms with van der Waals surface area (Å²) in [6.45, 7) is 4.09. The number of nitrogens with one attached hydrogen (secondary N) is 1. The molecule has 1 saturated carbocycles. The predicted molar refractivity (Wildman–Crippen MR) is 126 cm³/mol. The molecule has 1 aromatic carbocycles. The molecular formula is C23H26ClN5OS. The summed E-state index contributed by atoms with van der Waals surface area (Å²) in [5.41, 5.74) is 2.34. The molecule has 0 unspecified atom stereocenters. The molecule has 0 aliphatic heterocycles. The fourth-order valence-electron chi connectivity index (χ4n) is 3.28. The number of halogens is 1. The Hall–Kier alpha value is -2.35. The predicted octanol–water partition coefficient (Wildman–Crippen LogP) is 4.92. The minimum absolute atomic E-state index is 0.253. The first kappa shape index (κ1) is 21.9. The van der Waals surface area contributed by atoms with Crippen LogP contribution in [0.3, 0.4) is 0 Å². The van der Waals surface area contributed by atoms with E-state index in [4.69, 9.17) is 11.6 Å². The summed E-state index contributed by atoms with van der Waals surface area (Å²) in [6, 6.07) is 11.1. The zero-order chi connectivity index (χ0) is 21.8. The lowest BCUT2D eigenvalue weighted by Crippen LogP contribution is -2.23. The Morgan fingerprint density at radius 2 is 1.97 bits per heavy atom. The number of aryl methyl sites for hydroxylation is 1. The van der Waals surface area contributed by atoms with Gasteiger partial charge in [0.25, 0.3) is 5.91 Å². The Morgan fingerprint density at radius 1 is 1.19 bits per heavy atom. The minimum Gasteiger partial charge on any atom is -0.305 e. The van der Waals surface area contributed by atoms with Gasteiger partial charge in [0, 0.05) is 35.7 Å². The second-order valence-electron chi connectivity index (χ2n) is 7.97. The molecule has 8 heteroatoms. The average Bonchev–Trinajstić information content (AvgIpc) is 3.46. The number of pyridine rings is 1. The van der Waals surface area contributed by atoms with Crippen molar-refractivity contribution in [2.24, 2.45) is 5.92 Å². The van der Waals surface area contributed by atoms with Gasteiger partial charge in [0.05, 0.1) is 6.20 Å². The van der Waals surface area contributed by atoms with E-state index in [0.29, 0.717) is 16.5 Å². The Bertz CT molecular complexity index is 1030. The summed E-state index contributed by atoms with van der Waals surface area (Å²) in [5, 5.41) is 4.30. The van der Waals surface area contributed by atoms with Gasteiger partial charge >= 0.3 is 0 Å². The van der Waals surface area contributed by atoms with Crippen molar-refractivity contribution < 1.29 is 4.79 Å². The largest absolute Gasteiger partial charge is 0.305 e. The highest BCUT2D eigenvalue weighted by molar-refractivity contribution is 7.99. The van der Waals surface area contributed by atoms with Crippen LogP contribution in [0.4, 0.5) is 5.82 Å². The standard InChI is InChI=1S/C23H26ClN5OS/c1-16-3-10-21(25-13-16)27-22(30)20-14-26-23(29(20)19-8-6-18(24)7-9-19)31-12-11-28(2)15-17-4-5-17/h3,6-10,13-14,17H,4-5,11-12,15H2,1-2H3,(H,25,27,30). The van der Waals surface area contributed by atoms with Crippen LogP contribution in [-0.4, -0.2) is 51.2 Å². The number of anilines is 1. The second-order valence-corrected chi connectivity index (χ2v) is 9.47. The summed E-state index contributed by atoms with van der Waals surface area (Å²) in [5.74, 6) is 2.03. The smallest absolute Gasteiger partial charge is 0.275 e. The van der Waals surface area contributed by atoms with Crippen LogP contribution in [0.2, 0.25) is 5.02 Å². The quantitative estimate of drug-likeness (QED) is 0.464. The van der Waals surface area contributed by atoms with Gasteiger partial charge in [0.1, 0.15) is 11.5 Å². The third-order valence-electron chi connectivity index (χ3n) is 5.17. The summed E-state index contributed by atoms with van der Waals surface area (Å²) in [7, 11) is 2.16. The molecule has 0 atom stereocenters. The maximum atomic E-state index is 13.0. The van der Waals surface area contributed by atoms with Gasteiger partial charge in [-0.3, -0.25) is 9.36 Å². The SMILES string of the molecule is Cc1ccc(NC(=O)c2cnc(SCCN(C)CC3CC3)n2-c2ccc(Cl)cc2)nc1. The monoisotopic (exact) mass is 455 g/mol. The van der Waals surface area contributed by atoms with Gasteiger partial charge in [-0.2, -0.15) is 0 Å². The zero-order valence-corrected chi connectivity index (χ0v) is 19.3. The van der Waals surface area contributed by atoms with Crippen molar-refractivity contribution in [3.63, 3.8) is 0 Å². The van der Waals surface area contributed by atoms with Gasteiger partial charge in [-0.25, -0.2) is 9.97 Å². The van der Waals surface area contributed by atoms with E-state index in [9.17, 15) is 4.79 Å². The van der Waals surface area contributed by atoms with Crippen LogP contribution >= 0.6 is 23.4 Å². The second kappa shape index (κ2) is 9.85. The van der Waals surface area contributed by atoms with E-state index >= 15 is 0 Å². The summed E-state index contributed by atoms with van der Waals surface area (Å²) in [6.07, 6.45) is 6.05. The molecule has 162 valence electrons. The first-order valence-electron chi connectivity index (χ1n) is 10.4. The average molecular weight is 456 g/mol. The number of rotatable bonds is 9. The molecule has 31 heavy (non-hydrogen) atoms. The number of thioether (sulfide) groups is 1. The molecule has 1 aliphatic carbocycles. The lowest BCUT2D eigenvalue weighted by molar-refractivity contribution is 0.101. The Labute approximate surface area is 192 Å². The van der Waals surface area contributed by atoms with Crippen molar-refractivity contribution >= 4 is 35.1 Å². The number of aromatic nitrogens is 3. The number of nitrogens with zero attached hydrogens (tertiary/aromatic N) is 4. The number of carbonyl (C=O) groups is 1. The molecule has 1 amide bonds. The Balaban J connectivity index is 1.53. The zero-order valence-electron chi connectivity index (χ0n) is 17.7. The normalized spacial score (nSPS) is 13.5. The maximum absolute atomic E-state index is 13.0. The van der Waals surface area contributed by atoms with Crippen LogP contribution in [-0.2, 0) is 0 Å². The molecule has 1 aliphatic rings. The third kappa shape index (κ3) is 5.87. The molecule has 0 saturated heterocycles. The Morgan fingerprint density at radius 3 is 2.65 bits per heavy atom. The first-order valence-corrected chi connectivity index (χ1v) is 11.7. The lowest BCUT2D eigenvalue weighted by Gasteiger charge is -2.16. The van der Waals surface area contributed by atoms with Gasteiger partial charge in [0.15, 0.2) is 5.16 Å². The molecule has 0 radical (unpaired) electrons. The van der Waals surface area contributed by atoms with E-state index in [1.54, 1.807) is 30.2 Å². The van der Waals surface area contributed by atoms with Gasteiger partial charge < -0.3 is 10.2 Å². The number of benzene rings is 1. The molecule has 3 aromatic rings. The van der Waals surface area contributed by atoms with Crippen LogP contribution in [0, 0.1) is 12.8 Å². The highest BCUT2D eigenvalue weighted by atomic mass is 35.5. The molecule has 2 aromatic heterocycles. The van der Waals surface area contributed by atoms with Crippen molar-refractivity contribution in [3.05, 3.63) is 65.1 Å². The van der Waals surface area contributed by atoms with Gasteiger partial charge in [-0.05, 0) is 68.6 Å². The fraction of sp³-hybridized carbons (Fsp3) is 0.348. The number of imidazole rings is 1. The Kier molecular flexibility index (Phi) is 6.95. The van der Waals surface area contributed by atoms with Crippen molar-refractivity contribution in [1.82, 2.24) is 19.4 Å². The molecule has 4 rings (SSSR count). The lowest BCUT2D eigenvalue weighted by atomic mass is 10.3. The first-order chi connectivity index (χ1) is 15.0. The fourth-order valence-corrected chi connectivity index (χ4v) is 4.46. The molecule has 1 N–H and O–H groups in total. The van der Waals surface area contributed by atoms with Gasteiger partial charge in [0.2, 0.25) is 0 Å². The van der Waals surface area contributed by atoms with Crippen LogP contribution < -0.4 is 5.32 Å². The van der Waals surface area contributed by atoms with Crippen LogP contribution in [0.5, 0.6) is 0 Å². The molecule has 1 fully saturated rings.